The van der Waals surface area contributed by atoms with Crippen LogP contribution in [-0.2, 0) is 11.2 Å². The predicted octanol–water partition coefficient (Wildman–Crippen LogP) is 6.50. The second-order valence-electron chi connectivity index (χ2n) is 5.91. The minimum Gasteiger partial charge on any atom is -0.457 e. The van der Waals surface area contributed by atoms with Crippen LogP contribution in [0.5, 0.6) is 11.5 Å². The van der Waals surface area contributed by atoms with Gasteiger partial charge in [-0.25, -0.2) is 4.98 Å². The Morgan fingerprint density at radius 3 is 2.46 bits per heavy atom. The quantitative estimate of drug-likeness (QED) is 0.383. The number of hydrogen-bond donors (Lipinski definition) is 1. The molecule has 0 atom stereocenters. The molecular weight excluding hydrogens is 412 g/mol. The Morgan fingerprint density at radius 1 is 1.00 bits per heavy atom. The fraction of sp³-hybridized carbons (Fsp3) is 0.0476. The second-order valence-corrected chi connectivity index (χ2v) is 8.57. The highest BCUT2D eigenvalue weighted by atomic mass is 35.5. The minimum absolute atomic E-state index is 0.106. The lowest BCUT2D eigenvalue weighted by molar-refractivity contribution is -0.115. The molecule has 0 aliphatic rings. The van der Waals surface area contributed by atoms with Crippen molar-refractivity contribution in [3.05, 3.63) is 81.3 Å². The van der Waals surface area contributed by atoms with Crippen LogP contribution in [-0.4, -0.2) is 10.9 Å². The van der Waals surface area contributed by atoms with Gasteiger partial charge in [-0.15, -0.1) is 22.7 Å². The lowest BCUT2D eigenvalue weighted by Crippen LogP contribution is -2.13. The van der Waals surface area contributed by atoms with E-state index < -0.39 is 0 Å². The summed E-state index contributed by atoms with van der Waals surface area (Å²) in [4.78, 5) is 17.6. The Bertz CT molecular complexity index is 1080. The van der Waals surface area contributed by atoms with Crippen LogP contribution in [0.4, 0.5) is 5.13 Å². The van der Waals surface area contributed by atoms with Crippen molar-refractivity contribution >= 4 is 45.3 Å². The van der Waals surface area contributed by atoms with Crippen LogP contribution in [0.1, 0.15) is 4.88 Å². The van der Waals surface area contributed by atoms with E-state index in [4.69, 9.17) is 16.3 Å². The molecule has 4 rings (SSSR count). The molecule has 0 radical (unpaired) electrons. The van der Waals surface area contributed by atoms with Crippen molar-refractivity contribution in [2.75, 3.05) is 5.32 Å². The molecule has 0 aliphatic heterocycles. The van der Waals surface area contributed by atoms with Gasteiger partial charge in [0.15, 0.2) is 5.13 Å². The maximum Gasteiger partial charge on any atom is 0.231 e. The number of hydrogen-bond acceptors (Lipinski definition) is 5. The van der Waals surface area contributed by atoms with Gasteiger partial charge in [0.25, 0.3) is 0 Å². The topological polar surface area (TPSA) is 51.2 Å². The predicted molar refractivity (Wildman–Crippen MR) is 116 cm³/mol. The van der Waals surface area contributed by atoms with Crippen molar-refractivity contribution in [1.29, 1.82) is 0 Å². The van der Waals surface area contributed by atoms with Gasteiger partial charge in [0, 0.05) is 15.8 Å². The summed E-state index contributed by atoms with van der Waals surface area (Å²) in [5.41, 5.74) is 1.77. The average molecular weight is 427 g/mol. The Hall–Kier alpha value is -2.67. The number of carbonyl (C=O) groups is 1. The van der Waals surface area contributed by atoms with Gasteiger partial charge in [-0.05, 0) is 48.5 Å². The molecule has 0 saturated heterocycles. The zero-order valence-corrected chi connectivity index (χ0v) is 17.0. The molecule has 2 aromatic heterocycles. The maximum atomic E-state index is 12.2. The summed E-state index contributed by atoms with van der Waals surface area (Å²) < 4.78 is 6.48. The van der Waals surface area contributed by atoms with Gasteiger partial charge in [-0.2, -0.15) is 0 Å². The van der Waals surface area contributed by atoms with Gasteiger partial charge in [0.05, 0.1) is 16.5 Å². The molecule has 0 unspecified atom stereocenters. The molecule has 140 valence electrons. The average Bonchev–Trinajstić information content (AvgIpc) is 3.32. The van der Waals surface area contributed by atoms with Crippen molar-refractivity contribution in [3.8, 4) is 22.8 Å². The molecule has 4 nitrogen and oxygen atoms in total. The number of rotatable bonds is 6. The van der Waals surface area contributed by atoms with E-state index in [1.165, 1.54) is 22.7 Å². The minimum atomic E-state index is -0.106. The summed E-state index contributed by atoms with van der Waals surface area (Å²) in [6.07, 6.45) is 0.290. The number of thiophene rings is 1. The van der Waals surface area contributed by atoms with Crippen LogP contribution in [0.3, 0.4) is 0 Å². The lowest BCUT2D eigenvalue weighted by atomic mass is 10.2. The molecule has 1 amide bonds. The molecule has 0 spiro atoms. The number of carbonyl (C=O) groups excluding carboxylic acids is 1. The number of ether oxygens (including phenoxy) is 1. The van der Waals surface area contributed by atoms with Crippen LogP contribution < -0.4 is 10.1 Å². The van der Waals surface area contributed by atoms with Crippen molar-refractivity contribution in [2.45, 2.75) is 6.42 Å². The van der Waals surface area contributed by atoms with Crippen LogP contribution in [0.25, 0.3) is 11.3 Å². The summed E-state index contributed by atoms with van der Waals surface area (Å²) in [6.45, 7) is 0. The number of nitrogens with zero attached hydrogens (tertiary/aromatic N) is 1. The highest BCUT2D eigenvalue weighted by molar-refractivity contribution is 7.16. The van der Waals surface area contributed by atoms with Gasteiger partial charge >= 0.3 is 0 Å². The van der Waals surface area contributed by atoms with Crippen LogP contribution in [0.15, 0.2) is 72.1 Å². The van der Waals surface area contributed by atoms with Gasteiger partial charge in [0.1, 0.15) is 11.5 Å². The lowest BCUT2D eigenvalue weighted by Gasteiger charge is -2.05. The molecular formula is C21H15ClN2O2S2. The molecule has 28 heavy (non-hydrogen) atoms. The number of anilines is 1. The summed E-state index contributed by atoms with van der Waals surface area (Å²) in [5.74, 6) is 1.44. The normalized spacial score (nSPS) is 10.6. The molecule has 2 aromatic carbocycles. The Balaban J connectivity index is 1.39. The number of para-hydroxylation sites is 1. The number of halogens is 1. The SMILES string of the molecule is O=C(Cc1ccc(Cl)s1)Nc1nc(-c2ccc(Oc3ccccc3)cc2)cs1. The first-order chi connectivity index (χ1) is 13.7. The van der Waals surface area contributed by atoms with Crippen molar-refractivity contribution in [2.24, 2.45) is 0 Å². The summed E-state index contributed by atoms with van der Waals surface area (Å²) in [6, 6.07) is 21.0. The molecule has 1 N–H and O–H groups in total. The van der Waals surface area contributed by atoms with Gasteiger partial charge in [-0.1, -0.05) is 29.8 Å². The van der Waals surface area contributed by atoms with Gasteiger partial charge < -0.3 is 10.1 Å². The highest BCUT2D eigenvalue weighted by Gasteiger charge is 2.10. The zero-order valence-electron chi connectivity index (χ0n) is 14.6. The van der Waals surface area contributed by atoms with E-state index in [0.717, 1.165) is 27.6 Å². The second kappa shape index (κ2) is 8.56. The van der Waals surface area contributed by atoms with Gasteiger partial charge in [0.2, 0.25) is 5.91 Å². The van der Waals surface area contributed by atoms with Crippen molar-refractivity contribution in [1.82, 2.24) is 4.98 Å². The number of benzene rings is 2. The zero-order chi connectivity index (χ0) is 19.3. The molecule has 0 saturated carbocycles. The van der Waals surface area contributed by atoms with E-state index in [-0.39, 0.29) is 12.3 Å². The largest absolute Gasteiger partial charge is 0.457 e. The smallest absolute Gasteiger partial charge is 0.231 e. The number of aromatic nitrogens is 1. The number of amides is 1. The molecule has 2 heterocycles. The Labute approximate surface area is 175 Å². The van der Waals surface area contributed by atoms with Crippen molar-refractivity contribution < 1.29 is 9.53 Å². The first kappa shape index (κ1) is 18.7. The molecule has 0 aliphatic carbocycles. The Kier molecular flexibility index (Phi) is 5.71. The third-order valence-electron chi connectivity index (χ3n) is 3.84. The van der Waals surface area contributed by atoms with Crippen LogP contribution >= 0.6 is 34.3 Å². The Morgan fingerprint density at radius 2 is 1.75 bits per heavy atom. The number of nitrogens with one attached hydrogen (secondary N) is 1. The summed E-state index contributed by atoms with van der Waals surface area (Å²) in [5, 5.41) is 5.34. The molecule has 7 heteroatoms. The molecule has 0 fully saturated rings. The van der Waals surface area contributed by atoms with E-state index >= 15 is 0 Å². The van der Waals surface area contributed by atoms with E-state index in [2.05, 4.69) is 10.3 Å². The highest BCUT2D eigenvalue weighted by Crippen LogP contribution is 2.28. The van der Waals surface area contributed by atoms with Gasteiger partial charge in [-0.3, -0.25) is 4.79 Å². The fourth-order valence-electron chi connectivity index (χ4n) is 2.55. The first-order valence-corrected chi connectivity index (χ1v) is 10.6. The van der Waals surface area contributed by atoms with E-state index in [0.29, 0.717) is 9.47 Å². The monoisotopic (exact) mass is 426 g/mol. The molecule has 4 aromatic rings. The van der Waals surface area contributed by atoms with Crippen LogP contribution in [0, 0.1) is 0 Å². The van der Waals surface area contributed by atoms with Crippen LogP contribution in [0.2, 0.25) is 4.34 Å². The van der Waals surface area contributed by atoms with E-state index in [9.17, 15) is 4.79 Å². The van der Waals surface area contributed by atoms with Crippen molar-refractivity contribution in [3.63, 3.8) is 0 Å². The summed E-state index contributed by atoms with van der Waals surface area (Å²) >= 11 is 8.70. The van der Waals surface area contributed by atoms with E-state index in [1.807, 2.05) is 66.0 Å². The third kappa shape index (κ3) is 4.78. The first-order valence-electron chi connectivity index (χ1n) is 8.49. The maximum absolute atomic E-state index is 12.2. The number of thiazole rings is 1. The summed E-state index contributed by atoms with van der Waals surface area (Å²) in [7, 11) is 0. The fourth-order valence-corrected chi connectivity index (χ4v) is 4.37. The molecule has 0 bridgehead atoms. The third-order valence-corrected chi connectivity index (χ3v) is 5.83. The van der Waals surface area contributed by atoms with E-state index in [1.54, 1.807) is 6.07 Å². The standard InChI is InChI=1S/C21H15ClN2O2S2/c22-19-11-10-17(28-19)12-20(25)24-21-23-18(13-27-21)14-6-8-16(9-7-14)26-15-4-2-1-3-5-15/h1-11,13H,12H2,(H,23,24,25).